The quantitative estimate of drug-likeness (QED) is 0.302. The van der Waals surface area contributed by atoms with Gasteiger partial charge in [-0.05, 0) is 51.0 Å². The molecule has 0 aromatic heterocycles. The highest BCUT2D eigenvalue weighted by Crippen LogP contribution is 2.15. The summed E-state index contributed by atoms with van der Waals surface area (Å²) in [4.78, 5) is 10.2. The first-order valence-corrected chi connectivity index (χ1v) is 11.3. The summed E-state index contributed by atoms with van der Waals surface area (Å²) in [6.07, 6.45) is 8.52. The number of allylic oxidation sites excluding steroid dienone is 5. The number of hydrogen-bond acceptors (Lipinski definition) is 6. The van der Waals surface area contributed by atoms with Crippen LogP contribution in [0.2, 0.25) is 0 Å². The highest BCUT2D eigenvalue weighted by molar-refractivity contribution is 5.39. The highest BCUT2D eigenvalue weighted by Gasteiger charge is 2.18. The molecule has 0 saturated carbocycles. The molecule has 0 atom stereocenters. The second-order valence-electron chi connectivity index (χ2n) is 6.86. The number of hydrogen-bond donors (Lipinski definition) is 4. The summed E-state index contributed by atoms with van der Waals surface area (Å²) in [7, 11) is 1.50. The Balaban J connectivity index is -0.000000249. The highest BCUT2D eigenvalue weighted by atomic mass is 16.5. The molecule has 0 amide bonds. The third-order valence-electron chi connectivity index (χ3n) is 3.58. The van der Waals surface area contributed by atoms with Gasteiger partial charge in [0, 0.05) is 30.7 Å². The van der Waals surface area contributed by atoms with Gasteiger partial charge in [0.05, 0.1) is 6.61 Å². The molecular weight excluding hydrogens is 388 g/mol. The van der Waals surface area contributed by atoms with E-state index < -0.39 is 0 Å². The van der Waals surface area contributed by atoms with Crippen LogP contribution in [-0.2, 0) is 9.53 Å². The SMILES string of the molecule is C1CCNNC1.C=C(/C=C(\C)C(=C)/C=C/C)NCC(C)(C)COC=O.CC.CC.CN. The lowest BCUT2D eigenvalue weighted by molar-refractivity contribution is -0.131. The molecule has 184 valence electrons. The average molecular weight is 441 g/mol. The van der Waals surface area contributed by atoms with Crippen LogP contribution in [0, 0.1) is 5.41 Å². The first-order chi connectivity index (χ1) is 14.8. The van der Waals surface area contributed by atoms with Gasteiger partial charge in [0.2, 0.25) is 0 Å². The van der Waals surface area contributed by atoms with E-state index in [4.69, 9.17) is 4.74 Å². The fourth-order valence-electron chi connectivity index (χ4n) is 2.00. The van der Waals surface area contributed by atoms with E-state index in [9.17, 15) is 4.79 Å². The Hall–Kier alpha value is -1.89. The van der Waals surface area contributed by atoms with E-state index in [1.54, 1.807) is 0 Å². The van der Waals surface area contributed by atoms with Crippen LogP contribution >= 0.6 is 0 Å². The molecule has 1 rings (SSSR count). The van der Waals surface area contributed by atoms with E-state index in [0.29, 0.717) is 19.6 Å². The Kier molecular flexibility index (Phi) is 33.1. The third kappa shape index (κ3) is 28.1. The van der Waals surface area contributed by atoms with Crippen molar-refractivity contribution in [2.75, 3.05) is 33.3 Å². The van der Waals surface area contributed by atoms with Crippen molar-refractivity contribution < 1.29 is 9.53 Å². The van der Waals surface area contributed by atoms with E-state index in [0.717, 1.165) is 29.9 Å². The van der Waals surface area contributed by atoms with E-state index >= 15 is 0 Å². The molecule has 0 unspecified atom stereocenters. The van der Waals surface area contributed by atoms with Crippen LogP contribution in [0.5, 0.6) is 0 Å². The van der Waals surface area contributed by atoms with Crippen LogP contribution in [0.3, 0.4) is 0 Å². The Morgan fingerprint density at radius 1 is 1.10 bits per heavy atom. The topological polar surface area (TPSA) is 88.4 Å². The van der Waals surface area contributed by atoms with Crippen molar-refractivity contribution in [3.63, 3.8) is 0 Å². The Labute approximate surface area is 193 Å². The zero-order valence-electron chi connectivity index (χ0n) is 21.9. The fourth-order valence-corrected chi connectivity index (χ4v) is 2.00. The summed E-state index contributed by atoms with van der Waals surface area (Å²) in [6.45, 7) is 27.7. The van der Waals surface area contributed by atoms with Crippen LogP contribution in [0.15, 0.2) is 48.2 Å². The number of nitrogens with one attached hydrogen (secondary N) is 3. The van der Waals surface area contributed by atoms with Gasteiger partial charge in [0.15, 0.2) is 0 Å². The third-order valence-corrected chi connectivity index (χ3v) is 3.58. The van der Waals surface area contributed by atoms with Gasteiger partial charge >= 0.3 is 0 Å². The fraction of sp³-hybridized carbons (Fsp3) is 0.640. The Bertz CT molecular complexity index is 468. The predicted octanol–water partition coefficient (Wildman–Crippen LogP) is 4.87. The van der Waals surface area contributed by atoms with Gasteiger partial charge < -0.3 is 15.8 Å². The molecule has 1 heterocycles. The van der Waals surface area contributed by atoms with Gasteiger partial charge in [-0.1, -0.05) is 66.9 Å². The lowest BCUT2D eigenvalue weighted by atomic mass is 9.94. The minimum absolute atomic E-state index is 0.133. The smallest absolute Gasteiger partial charge is 0.293 e. The van der Waals surface area contributed by atoms with Crippen LogP contribution in [0.25, 0.3) is 0 Å². The molecule has 31 heavy (non-hydrogen) atoms. The van der Waals surface area contributed by atoms with E-state index in [2.05, 4.69) is 35.1 Å². The van der Waals surface area contributed by atoms with E-state index in [-0.39, 0.29) is 5.41 Å². The Morgan fingerprint density at radius 3 is 1.94 bits per heavy atom. The molecule has 1 saturated heterocycles. The molecule has 0 bridgehead atoms. The van der Waals surface area contributed by atoms with Gasteiger partial charge in [0.1, 0.15) is 0 Å². The second-order valence-corrected chi connectivity index (χ2v) is 6.86. The van der Waals surface area contributed by atoms with E-state index in [1.165, 1.54) is 19.9 Å². The number of rotatable bonds is 9. The van der Waals surface area contributed by atoms with Crippen molar-refractivity contribution in [2.24, 2.45) is 11.1 Å². The Morgan fingerprint density at radius 2 is 1.58 bits per heavy atom. The van der Waals surface area contributed by atoms with E-state index in [1.807, 2.05) is 73.6 Å². The van der Waals surface area contributed by atoms with Gasteiger partial charge in [0.25, 0.3) is 6.47 Å². The van der Waals surface area contributed by atoms with Crippen LogP contribution in [0.4, 0.5) is 0 Å². The van der Waals surface area contributed by atoms with Crippen molar-refractivity contribution >= 4 is 6.47 Å². The van der Waals surface area contributed by atoms with Gasteiger partial charge in [-0.15, -0.1) is 0 Å². The monoisotopic (exact) mass is 440 g/mol. The second kappa shape index (κ2) is 28.1. The number of carbonyl (C=O) groups excluding carboxylic acids is 1. The zero-order chi connectivity index (χ0) is 25.1. The molecule has 1 aliphatic heterocycles. The molecule has 5 N–H and O–H groups in total. The number of carbonyl (C=O) groups is 1. The first-order valence-electron chi connectivity index (χ1n) is 11.3. The normalized spacial score (nSPS) is 12.8. The lowest BCUT2D eigenvalue weighted by Gasteiger charge is -2.24. The van der Waals surface area contributed by atoms with Crippen molar-refractivity contribution in [1.82, 2.24) is 16.2 Å². The molecule has 0 aromatic carbocycles. The standard InChI is InChI=1S/C16H25NO2.C4H10N2.2C2H6.CH5N/c1-7-8-13(2)14(3)9-15(4)17-10-16(5,6)11-19-12-18;1-2-4-6-5-3-1;3*1-2/h7-9,12,17H,2,4,10-11H2,1,3,5-6H3;5-6H,1-4H2;2*1-2H3;2H2,1H3/b8-7+,14-9+;;;;. The zero-order valence-corrected chi connectivity index (χ0v) is 21.9. The summed E-state index contributed by atoms with van der Waals surface area (Å²) in [5.74, 6) is 0. The molecule has 1 fully saturated rings. The summed E-state index contributed by atoms with van der Waals surface area (Å²) < 4.78 is 4.79. The van der Waals surface area contributed by atoms with Gasteiger partial charge in [-0.25, -0.2) is 0 Å². The van der Waals surface area contributed by atoms with Crippen molar-refractivity contribution in [1.29, 1.82) is 0 Å². The van der Waals surface area contributed by atoms with Crippen LogP contribution in [0.1, 0.15) is 68.2 Å². The summed E-state index contributed by atoms with van der Waals surface area (Å²) in [5, 5.41) is 3.23. The molecule has 0 aromatic rings. The maximum Gasteiger partial charge on any atom is 0.293 e. The summed E-state index contributed by atoms with van der Waals surface area (Å²) in [5.41, 5.74) is 13.3. The van der Waals surface area contributed by atoms with Gasteiger partial charge in [-0.2, -0.15) is 0 Å². The number of nitrogens with two attached hydrogens (primary N) is 1. The molecular formula is C25H52N4O2. The molecule has 6 nitrogen and oxygen atoms in total. The average Bonchev–Trinajstić information content (AvgIpc) is 2.82. The van der Waals surface area contributed by atoms with Crippen LogP contribution in [-0.4, -0.2) is 39.8 Å². The summed E-state index contributed by atoms with van der Waals surface area (Å²) >= 11 is 0. The largest absolute Gasteiger partial charge is 0.467 e. The first kappa shape index (κ1) is 36.5. The molecule has 0 aliphatic carbocycles. The summed E-state index contributed by atoms with van der Waals surface area (Å²) in [6, 6.07) is 0. The number of hydrazine groups is 1. The predicted molar refractivity (Wildman–Crippen MR) is 139 cm³/mol. The lowest BCUT2D eigenvalue weighted by Crippen LogP contribution is -2.37. The molecule has 1 aliphatic rings. The molecule has 6 heteroatoms. The molecule has 0 spiro atoms. The van der Waals surface area contributed by atoms with Gasteiger partial charge in [-0.3, -0.25) is 15.6 Å². The maximum absolute atomic E-state index is 10.2. The van der Waals surface area contributed by atoms with Crippen molar-refractivity contribution in [2.45, 2.75) is 68.2 Å². The maximum atomic E-state index is 10.2. The molecule has 0 radical (unpaired) electrons. The van der Waals surface area contributed by atoms with Crippen molar-refractivity contribution in [3.05, 3.63) is 48.2 Å². The number of ether oxygens (including phenoxy) is 1. The minimum atomic E-state index is -0.133. The van der Waals surface area contributed by atoms with Crippen LogP contribution < -0.4 is 21.9 Å². The minimum Gasteiger partial charge on any atom is -0.467 e. The van der Waals surface area contributed by atoms with Crippen molar-refractivity contribution in [3.8, 4) is 0 Å².